The molecule has 0 spiro atoms. The third-order valence-electron chi connectivity index (χ3n) is 8.10. The van der Waals surface area contributed by atoms with Crippen molar-refractivity contribution in [2.75, 3.05) is 6.61 Å². The van der Waals surface area contributed by atoms with E-state index in [1.165, 1.54) is 11.1 Å². The van der Waals surface area contributed by atoms with E-state index >= 15 is 0 Å². The third-order valence-corrected chi connectivity index (χ3v) is 8.10. The number of aliphatic hydroxyl groups excluding tert-OH is 1. The van der Waals surface area contributed by atoms with Gasteiger partial charge in [0, 0.05) is 10.8 Å². The third kappa shape index (κ3) is 1.97. The van der Waals surface area contributed by atoms with Gasteiger partial charge in [0.2, 0.25) is 0 Å². The summed E-state index contributed by atoms with van der Waals surface area (Å²) in [6.07, 6.45) is 10.9. The Balaban J connectivity index is 1.79. The lowest BCUT2D eigenvalue weighted by molar-refractivity contribution is -0.161. The summed E-state index contributed by atoms with van der Waals surface area (Å²) in [6, 6.07) is 0. The minimum Gasteiger partial charge on any atom is -0.388 e. The molecule has 26 heavy (non-hydrogen) atoms. The molecule has 4 rings (SSSR count). The number of fused-ring (bicyclic) bond motifs is 5. The molecule has 0 aromatic carbocycles. The van der Waals surface area contributed by atoms with Crippen LogP contribution in [-0.2, 0) is 9.59 Å². The van der Waals surface area contributed by atoms with Gasteiger partial charge in [-0.25, -0.2) is 0 Å². The van der Waals surface area contributed by atoms with Gasteiger partial charge in [-0.3, -0.25) is 9.59 Å². The first-order valence-electron chi connectivity index (χ1n) is 9.70. The Morgan fingerprint density at radius 2 is 2.08 bits per heavy atom. The average Bonchev–Trinajstić information content (AvgIpc) is 2.83. The molecule has 4 heteroatoms. The van der Waals surface area contributed by atoms with Crippen LogP contribution in [-0.4, -0.2) is 34.0 Å². The fraction of sp³-hybridized carbons (Fsp3) is 0.636. The Bertz CT molecular complexity index is 775. The molecular weight excluding hydrogens is 328 g/mol. The van der Waals surface area contributed by atoms with Crippen molar-refractivity contribution in [3.63, 3.8) is 0 Å². The normalized spacial score (nSPS) is 46.8. The maximum Gasteiger partial charge on any atom is 0.190 e. The van der Waals surface area contributed by atoms with Crippen LogP contribution in [0.1, 0.15) is 46.5 Å². The van der Waals surface area contributed by atoms with Gasteiger partial charge in [-0.15, -0.1) is 0 Å². The van der Waals surface area contributed by atoms with E-state index < -0.39 is 23.4 Å². The highest BCUT2D eigenvalue weighted by Gasteiger charge is 2.66. The van der Waals surface area contributed by atoms with Crippen LogP contribution in [0.5, 0.6) is 0 Å². The van der Waals surface area contributed by atoms with Crippen molar-refractivity contribution in [2.45, 2.75) is 52.1 Å². The zero-order chi connectivity index (χ0) is 18.9. The van der Waals surface area contributed by atoms with Crippen LogP contribution < -0.4 is 0 Å². The lowest BCUT2D eigenvalue weighted by atomic mass is 9.51. The van der Waals surface area contributed by atoms with Crippen molar-refractivity contribution < 1.29 is 19.8 Å². The van der Waals surface area contributed by atoms with E-state index in [2.05, 4.69) is 13.0 Å². The summed E-state index contributed by atoms with van der Waals surface area (Å²) in [5.41, 5.74) is 0.289. The Morgan fingerprint density at radius 1 is 1.35 bits per heavy atom. The number of carbonyl (C=O) groups excluding carboxylic acids is 2. The van der Waals surface area contributed by atoms with Gasteiger partial charge in [0.05, 0.1) is 0 Å². The molecule has 4 nitrogen and oxygen atoms in total. The molecule has 0 radical (unpaired) electrons. The molecule has 0 bridgehead atoms. The first-order valence-corrected chi connectivity index (χ1v) is 9.70. The molecule has 0 saturated heterocycles. The molecule has 2 N–H and O–H groups in total. The van der Waals surface area contributed by atoms with E-state index in [1.54, 1.807) is 12.2 Å². The fourth-order valence-corrected chi connectivity index (χ4v) is 6.58. The maximum absolute atomic E-state index is 12.5. The highest BCUT2D eigenvalue weighted by molar-refractivity contribution is 6.01. The van der Waals surface area contributed by atoms with Crippen molar-refractivity contribution in [1.29, 1.82) is 0 Å². The lowest BCUT2D eigenvalue weighted by Crippen LogP contribution is -2.57. The quantitative estimate of drug-likeness (QED) is 0.746. The smallest absolute Gasteiger partial charge is 0.190 e. The van der Waals surface area contributed by atoms with Gasteiger partial charge >= 0.3 is 0 Å². The van der Waals surface area contributed by atoms with Crippen LogP contribution in [0.2, 0.25) is 0 Å². The molecule has 0 aromatic rings. The van der Waals surface area contributed by atoms with Gasteiger partial charge in [-0.2, -0.15) is 0 Å². The second kappa shape index (κ2) is 5.49. The lowest BCUT2D eigenvalue weighted by Gasteiger charge is -2.53. The van der Waals surface area contributed by atoms with E-state index in [9.17, 15) is 19.8 Å². The van der Waals surface area contributed by atoms with Crippen molar-refractivity contribution in [3.05, 3.63) is 35.5 Å². The van der Waals surface area contributed by atoms with Crippen molar-refractivity contribution in [3.8, 4) is 0 Å². The Hall–Kier alpha value is -1.52. The number of rotatable bonds is 2. The molecule has 4 aliphatic rings. The molecule has 4 aliphatic carbocycles. The van der Waals surface area contributed by atoms with Crippen molar-refractivity contribution in [1.82, 2.24) is 0 Å². The van der Waals surface area contributed by atoms with Gasteiger partial charge in [-0.1, -0.05) is 37.1 Å². The number of aliphatic hydroxyl groups is 2. The van der Waals surface area contributed by atoms with Crippen molar-refractivity contribution >= 4 is 11.6 Å². The fourth-order valence-electron chi connectivity index (χ4n) is 6.58. The second-order valence-electron chi connectivity index (χ2n) is 9.12. The van der Waals surface area contributed by atoms with Crippen LogP contribution in [0.4, 0.5) is 0 Å². The van der Waals surface area contributed by atoms with Gasteiger partial charge in [0.25, 0.3) is 0 Å². The van der Waals surface area contributed by atoms with E-state index in [1.807, 2.05) is 19.9 Å². The highest BCUT2D eigenvalue weighted by Crippen LogP contribution is 2.66. The van der Waals surface area contributed by atoms with Crippen LogP contribution in [0.25, 0.3) is 0 Å². The number of allylic oxidation sites excluding steroid dienone is 6. The van der Waals surface area contributed by atoms with Gasteiger partial charge in [0.1, 0.15) is 12.2 Å². The first kappa shape index (κ1) is 17.9. The standard InChI is InChI=1S/C22H28O4/c1-13-10-18-16-5-4-14-11-15(24)6-8-20(14,2)17(16)7-9-21(18,3)22(13,26)19(25)12-23/h6-8,11,13,16,18,23,26H,4-5,9-10,12H2,1-3H3/t13-,16-,18-,20+,21-,22+/m1/s1. The Morgan fingerprint density at radius 3 is 2.77 bits per heavy atom. The van der Waals surface area contributed by atoms with Crippen LogP contribution in [0.15, 0.2) is 35.5 Å². The number of hydrogen-bond donors (Lipinski definition) is 2. The van der Waals surface area contributed by atoms with E-state index in [0.29, 0.717) is 12.3 Å². The Labute approximate surface area is 154 Å². The summed E-state index contributed by atoms with van der Waals surface area (Å²) in [5, 5.41) is 20.9. The molecule has 0 amide bonds. The van der Waals surface area contributed by atoms with E-state index in [0.717, 1.165) is 19.3 Å². The summed E-state index contributed by atoms with van der Waals surface area (Å²) in [5.74, 6) is -0.0376. The average molecular weight is 356 g/mol. The molecular formula is C22H28O4. The predicted molar refractivity (Wildman–Crippen MR) is 98.2 cm³/mol. The number of carbonyl (C=O) groups is 2. The van der Waals surface area contributed by atoms with Crippen LogP contribution in [0.3, 0.4) is 0 Å². The van der Waals surface area contributed by atoms with Gasteiger partial charge in [-0.05, 0) is 62.5 Å². The summed E-state index contributed by atoms with van der Waals surface area (Å²) < 4.78 is 0. The predicted octanol–water partition coefficient (Wildman–Crippen LogP) is 2.75. The topological polar surface area (TPSA) is 74.6 Å². The second-order valence-corrected chi connectivity index (χ2v) is 9.12. The van der Waals surface area contributed by atoms with Gasteiger partial charge in [0.15, 0.2) is 11.6 Å². The molecule has 0 aliphatic heterocycles. The highest BCUT2D eigenvalue weighted by atomic mass is 16.3. The SMILES string of the molecule is C[C@@H]1C[C@@H]2[C@@H]3CCC4=CC(=O)C=C[C@]4(C)C3=CC[C@@]2(C)[C@@]1(O)C(=O)CO. The Kier molecular flexibility index (Phi) is 3.78. The minimum atomic E-state index is -1.47. The zero-order valence-electron chi connectivity index (χ0n) is 15.8. The van der Waals surface area contributed by atoms with Crippen LogP contribution >= 0.6 is 0 Å². The van der Waals surface area contributed by atoms with Gasteiger partial charge < -0.3 is 10.2 Å². The number of hydrogen-bond acceptors (Lipinski definition) is 4. The van der Waals surface area contributed by atoms with Crippen LogP contribution in [0, 0.1) is 28.6 Å². The molecule has 2 saturated carbocycles. The minimum absolute atomic E-state index is 0.0644. The maximum atomic E-state index is 12.5. The molecule has 6 atom stereocenters. The number of Topliss-reactive ketones (excluding diaryl/α,β-unsaturated/α-hetero) is 1. The molecule has 140 valence electrons. The van der Waals surface area contributed by atoms with E-state index in [-0.39, 0.29) is 23.0 Å². The van der Waals surface area contributed by atoms with Crippen molar-refractivity contribution in [2.24, 2.45) is 28.6 Å². The zero-order valence-corrected chi connectivity index (χ0v) is 15.8. The summed E-state index contributed by atoms with van der Waals surface area (Å²) in [6.45, 7) is 5.54. The molecule has 0 unspecified atom stereocenters. The first-order chi connectivity index (χ1) is 12.2. The largest absolute Gasteiger partial charge is 0.388 e. The molecule has 2 fully saturated rings. The number of ketones is 2. The monoisotopic (exact) mass is 356 g/mol. The summed E-state index contributed by atoms with van der Waals surface area (Å²) in [4.78, 5) is 24.3. The molecule has 0 heterocycles. The summed E-state index contributed by atoms with van der Waals surface area (Å²) in [7, 11) is 0. The molecule has 0 aromatic heterocycles. The van der Waals surface area contributed by atoms with E-state index in [4.69, 9.17) is 0 Å². The summed E-state index contributed by atoms with van der Waals surface area (Å²) >= 11 is 0.